The number of amides is 1. The Morgan fingerprint density at radius 3 is 2.78 bits per heavy atom. The molecule has 1 aromatic heterocycles. The van der Waals surface area contributed by atoms with Gasteiger partial charge < -0.3 is 14.5 Å². The standard InChI is InChI=1S/C26H25ClN2O3/c1-4-17(3)18-9-11-24-23(13-18)29-26(32-24)19-8-10-21(27)22(14-19)28-25(30)15-31-20-7-5-6-16(2)12-20/h5-14,17H,4,15H2,1-3H3,(H,28,30). The van der Waals surface area contributed by atoms with Gasteiger partial charge in [0.2, 0.25) is 5.89 Å². The van der Waals surface area contributed by atoms with Crippen molar-refractivity contribution >= 4 is 34.3 Å². The van der Waals surface area contributed by atoms with E-state index in [1.165, 1.54) is 5.56 Å². The van der Waals surface area contributed by atoms with Crippen LogP contribution in [0.3, 0.4) is 0 Å². The van der Waals surface area contributed by atoms with E-state index in [9.17, 15) is 4.79 Å². The number of ether oxygens (including phenoxy) is 1. The van der Waals surface area contributed by atoms with Crippen molar-refractivity contribution in [3.63, 3.8) is 0 Å². The number of hydrogen-bond acceptors (Lipinski definition) is 4. The Morgan fingerprint density at radius 2 is 2.00 bits per heavy atom. The van der Waals surface area contributed by atoms with Crippen molar-refractivity contribution < 1.29 is 13.9 Å². The van der Waals surface area contributed by atoms with Gasteiger partial charge in [0.05, 0.1) is 10.7 Å². The van der Waals surface area contributed by atoms with Crippen LogP contribution >= 0.6 is 11.6 Å². The number of nitrogens with zero attached hydrogens (tertiary/aromatic N) is 1. The predicted octanol–water partition coefficient (Wildman–Crippen LogP) is 6.99. The number of anilines is 1. The summed E-state index contributed by atoms with van der Waals surface area (Å²) in [6, 6.07) is 18.9. The number of hydrogen-bond donors (Lipinski definition) is 1. The molecule has 0 aliphatic carbocycles. The number of nitrogens with one attached hydrogen (secondary N) is 1. The van der Waals surface area contributed by atoms with E-state index in [1.807, 2.05) is 43.3 Å². The summed E-state index contributed by atoms with van der Waals surface area (Å²) in [5, 5.41) is 3.23. The molecule has 3 aromatic carbocycles. The second-order valence-corrected chi connectivity index (χ2v) is 8.31. The van der Waals surface area contributed by atoms with Crippen LogP contribution in [0.1, 0.15) is 37.3 Å². The molecule has 1 atom stereocenters. The summed E-state index contributed by atoms with van der Waals surface area (Å²) in [6.45, 7) is 6.21. The minimum absolute atomic E-state index is 0.120. The highest BCUT2D eigenvalue weighted by Crippen LogP contribution is 2.31. The molecule has 32 heavy (non-hydrogen) atoms. The van der Waals surface area contributed by atoms with Crippen molar-refractivity contribution in [2.75, 3.05) is 11.9 Å². The predicted molar refractivity (Wildman–Crippen MR) is 128 cm³/mol. The molecule has 1 amide bonds. The topological polar surface area (TPSA) is 64.4 Å². The Bertz CT molecular complexity index is 1270. The molecule has 0 aliphatic heterocycles. The maximum absolute atomic E-state index is 12.4. The fourth-order valence-corrected chi connectivity index (χ4v) is 3.57. The van der Waals surface area contributed by atoms with Crippen LogP contribution in [0.25, 0.3) is 22.6 Å². The third-order valence-corrected chi connectivity index (χ3v) is 5.77. The Morgan fingerprint density at radius 1 is 1.16 bits per heavy atom. The van der Waals surface area contributed by atoms with Gasteiger partial charge in [-0.3, -0.25) is 4.79 Å². The molecule has 4 aromatic rings. The first-order valence-electron chi connectivity index (χ1n) is 10.6. The summed E-state index contributed by atoms with van der Waals surface area (Å²) in [5.41, 5.74) is 5.03. The molecule has 0 bridgehead atoms. The average Bonchev–Trinajstić information content (AvgIpc) is 3.22. The fraction of sp³-hybridized carbons (Fsp3) is 0.231. The summed E-state index contributed by atoms with van der Waals surface area (Å²) < 4.78 is 11.5. The number of carbonyl (C=O) groups excluding carboxylic acids is 1. The monoisotopic (exact) mass is 448 g/mol. The summed E-state index contributed by atoms with van der Waals surface area (Å²) in [5.74, 6) is 1.27. The molecule has 1 N–H and O–H groups in total. The Labute approximate surface area is 192 Å². The first-order valence-corrected chi connectivity index (χ1v) is 11.0. The van der Waals surface area contributed by atoms with Crippen LogP contribution < -0.4 is 10.1 Å². The number of halogens is 1. The molecule has 0 spiro atoms. The van der Waals surface area contributed by atoms with Gasteiger partial charge in [0.15, 0.2) is 12.2 Å². The number of fused-ring (bicyclic) bond motifs is 1. The van der Waals surface area contributed by atoms with Crippen molar-refractivity contribution in [2.24, 2.45) is 0 Å². The minimum Gasteiger partial charge on any atom is -0.484 e. The molecule has 0 aliphatic rings. The van der Waals surface area contributed by atoms with Gasteiger partial charge in [-0.2, -0.15) is 0 Å². The third kappa shape index (κ3) is 4.94. The Hall–Kier alpha value is -3.31. The first kappa shape index (κ1) is 21.9. The van der Waals surface area contributed by atoms with E-state index < -0.39 is 0 Å². The lowest BCUT2D eigenvalue weighted by Crippen LogP contribution is -2.20. The molecule has 4 rings (SSSR count). The zero-order chi connectivity index (χ0) is 22.7. The zero-order valence-electron chi connectivity index (χ0n) is 18.3. The van der Waals surface area contributed by atoms with Gasteiger partial charge in [-0.05, 0) is 72.9 Å². The van der Waals surface area contributed by atoms with E-state index in [2.05, 4.69) is 36.3 Å². The van der Waals surface area contributed by atoms with Crippen LogP contribution in [-0.4, -0.2) is 17.5 Å². The van der Waals surface area contributed by atoms with Crippen molar-refractivity contribution in [3.8, 4) is 17.2 Å². The quantitative estimate of drug-likeness (QED) is 0.331. The number of oxazole rings is 1. The van der Waals surface area contributed by atoms with Crippen LogP contribution in [0.4, 0.5) is 5.69 Å². The maximum Gasteiger partial charge on any atom is 0.262 e. The highest BCUT2D eigenvalue weighted by Gasteiger charge is 2.14. The van der Waals surface area contributed by atoms with Crippen LogP contribution in [0.15, 0.2) is 65.1 Å². The lowest BCUT2D eigenvalue weighted by Gasteiger charge is -2.10. The van der Waals surface area contributed by atoms with Gasteiger partial charge in [-0.15, -0.1) is 0 Å². The van der Waals surface area contributed by atoms with Gasteiger partial charge in [0, 0.05) is 5.56 Å². The smallest absolute Gasteiger partial charge is 0.262 e. The van der Waals surface area contributed by atoms with E-state index >= 15 is 0 Å². The molecule has 164 valence electrons. The van der Waals surface area contributed by atoms with E-state index in [0.29, 0.717) is 28.3 Å². The molecule has 0 fully saturated rings. The lowest BCUT2D eigenvalue weighted by molar-refractivity contribution is -0.118. The average molecular weight is 449 g/mol. The number of benzene rings is 3. The highest BCUT2D eigenvalue weighted by atomic mass is 35.5. The first-order chi connectivity index (χ1) is 15.4. The van der Waals surface area contributed by atoms with Gasteiger partial charge in [-0.1, -0.05) is 43.6 Å². The van der Waals surface area contributed by atoms with Crippen LogP contribution in [0.5, 0.6) is 5.75 Å². The number of aromatic nitrogens is 1. The number of aryl methyl sites for hydroxylation is 1. The van der Waals surface area contributed by atoms with E-state index in [-0.39, 0.29) is 12.5 Å². The van der Waals surface area contributed by atoms with E-state index in [1.54, 1.807) is 12.1 Å². The molecule has 1 unspecified atom stereocenters. The minimum atomic E-state index is -0.304. The number of carbonyl (C=O) groups is 1. The zero-order valence-corrected chi connectivity index (χ0v) is 19.1. The Balaban J connectivity index is 1.51. The highest BCUT2D eigenvalue weighted by molar-refractivity contribution is 6.33. The van der Waals surface area contributed by atoms with E-state index in [0.717, 1.165) is 28.6 Å². The van der Waals surface area contributed by atoms with Crippen LogP contribution in [-0.2, 0) is 4.79 Å². The molecular formula is C26H25ClN2O3. The molecule has 0 saturated heterocycles. The summed E-state index contributed by atoms with van der Waals surface area (Å²) in [4.78, 5) is 17.1. The van der Waals surface area contributed by atoms with Crippen LogP contribution in [0.2, 0.25) is 5.02 Å². The van der Waals surface area contributed by atoms with Gasteiger partial charge >= 0.3 is 0 Å². The summed E-state index contributed by atoms with van der Waals surface area (Å²) in [6.07, 6.45) is 1.06. The number of rotatable bonds is 7. The van der Waals surface area contributed by atoms with E-state index in [4.69, 9.17) is 20.8 Å². The van der Waals surface area contributed by atoms with Gasteiger partial charge in [0.1, 0.15) is 11.3 Å². The molecule has 0 radical (unpaired) electrons. The van der Waals surface area contributed by atoms with Crippen molar-refractivity contribution in [1.29, 1.82) is 0 Å². The normalized spacial score (nSPS) is 12.0. The molecule has 5 nitrogen and oxygen atoms in total. The fourth-order valence-electron chi connectivity index (χ4n) is 3.40. The van der Waals surface area contributed by atoms with Gasteiger partial charge in [-0.25, -0.2) is 4.98 Å². The second kappa shape index (κ2) is 9.45. The molecule has 6 heteroatoms. The summed E-state index contributed by atoms with van der Waals surface area (Å²) >= 11 is 6.31. The maximum atomic E-state index is 12.4. The van der Waals surface area contributed by atoms with Crippen LogP contribution in [0, 0.1) is 6.92 Å². The van der Waals surface area contributed by atoms with Crippen molar-refractivity contribution in [1.82, 2.24) is 4.98 Å². The second-order valence-electron chi connectivity index (χ2n) is 7.90. The third-order valence-electron chi connectivity index (χ3n) is 5.44. The SMILES string of the molecule is CCC(C)c1ccc2oc(-c3ccc(Cl)c(NC(=O)COc4cccc(C)c4)c3)nc2c1. The Kier molecular flexibility index (Phi) is 6.47. The van der Waals surface area contributed by atoms with Gasteiger partial charge in [0.25, 0.3) is 5.91 Å². The largest absolute Gasteiger partial charge is 0.484 e. The van der Waals surface area contributed by atoms with Crippen molar-refractivity contribution in [2.45, 2.75) is 33.1 Å². The molecule has 0 saturated carbocycles. The van der Waals surface area contributed by atoms with Crippen molar-refractivity contribution in [3.05, 3.63) is 76.8 Å². The lowest BCUT2D eigenvalue weighted by atomic mass is 9.98. The molecule has 1 heterocycles. The molecular weight excluding hydrogens is 424 g/mol. The summed E-state index contributed by atoms with van der Waals surface area (Å²) in [7, 11) is 0.